The number of nitrogens with one attached hydrogen (secondary N) is 2. The summed E-state index contributed by atoms with van der Waals surface area (Å²) in [5.41, 5.74) is 1.26. The molecule has 1 aromatic carbocycles. The number of hydrogen-bond acceptors (Lipinski definition) is 5. The van der Waals surface area contributed by atoms with Crippen molar-refractivity contribution in [3.8, 4) is 0 Å². The van der Waals surface area contributed by atoms with E-state index in [0.29, 0.717) is 28.6 Å². The molecule has 1 atom stereocenters. The van der Waals surface area contributed by atoms with Crippen LogP contribution in [0.2, 0.25) is 0 Å². The van der Waals surface area contributed by atoms with Crippen molar-refractivity contribution in [2.24, 2.45) is 0 Å². The Labute approximate surface area is 148 Å². The van der Waals surface area contributed by atoms with Gasteiger partial charge in [0.05, 0.1) is 5.57 Å². The van der Waals surface area contributed by atoms with Crippen molar-refractivity contribution in [3.05, 3.63) is 77.6 Å². The van der Waals surface area contributed by atoms with Crippen molar-refractivity contribution in [3.63, 3.8) is 0 Å². The first-order valence-corrected chi connectivity index (χ1v) is 7.99. The van der Waals surface area contributed by atoms with Gasteiger partial charge in [-0.25, -0.2) is 14.1 Å². The van der Waals surface area contributed by atoms with Crippen molar-refractivity contribution < 1.29 is 9.18 Å². The van der Waals surface area contributed by atoms with Gasteiger partial charge in [-0.1, -0.05) is 24.3 Å². The first-order chi connectivity index (χ1) is 12.6. The van der Waals surface area contributed by atoms with E-state index >= 15 is 0 Å². The zero-order valence-electron chi connectivity index (χ0n) is 13.8. The van der Waals surface area contributed by atoms with Crippen LogP contribution in [-0.4, -0.2) is 25.7 Å². The van der Waals surface area contributed by atoms with E-state index in [4.69, 9.17) is 0 Å². The molecule has 0 saturated carbocycles. The Bertz CT molecular complexity index is 998. The van der Waals surface area contributed by atoms with E-state index in [1.807, 2.05) is 0 Å². The molecule has 1 aliphatic rings. The second kappa shape index (κ2) is 6.40. The largest absolute Gasteiger partial charge is 0.328 e. The highest BCUT2D eigenvalue weighted by atomic mass is 19.1. The van der Waals surface area contributed by atoms with E-state index in [0.717, 1.165) is 0 Å². The van der Waals surface area contributed by atoms with Crippen LogP contribution < -0.4 is 10.6 Å². The average molecular weight is 350 g/mol. The highest BCUT2D eigenvalue weighted by Gasteiger charge is 2.34. The number of anilines is 2. The molecule has 3 aromatic rings. The lowest BCUT2D eigenvalue weighted by Gasteiger charge is -2.28. The summed E-state index contributed by atoms with van der Waals surface area (Å²) in [6.45, 7) is 1.75. The van der Waals surface area contributed by atoms with E-state index in [9.17, 15) is 9.18 Å². The quantitative estimate of drug-likeness (QED) is 0.759. The Balaban J connectivity index is 1.80. The highest BCUT2D eigenvalue weighted by Crippen LogP contribution is 2.36. The Morgan fingerprint density at radius 2 is 2.00 bits per heavy atom. The first kappa shape index (κ1) is 15.9. The SMILES string of the molecule is CC1=C(C(=O)Nc2ccccn2)[C@@H](c2ccccc2F)n2ncnc2N1. The third kappa shape index (κ3) is 2.71. The lowest BCUT2D eigenvalue weighted by atomic mass is 9.94. The van der Waals surface area contributed by atoms with Gasteiger partial charge in [0.1, 0.15) is 24.0 Å². The van der Waals surface area contributed by atoms with Crippen LogP contribution in [0.1, 0.15) is 18.5 Å². The Morgan fingerprint density at radius 1 is 1.19 bits per heavy atom. The van der Waals surface area contributed by atoms with Gasteiger partial charge in [-0.05, 0) is 25.1 Å². The predicted octanol–water partition coefficient (Wildman–Crippen LogP) is 2.74. The summed E-state index contributed by atoms with van der Waals surface area (Å²) in [6, 6.07) is 10.8. The lowest BCUT2D eigenvalue weighted by molar-refractivity contribution is -0.113. The van der Waals surface area contributed by atoms with Crippen LogP contribution >= 0.6 is 0 Å². The van der Waals surface area contributed by atoms with Crippen LogP contribution in [0.15, 0.2) is 66.3 Å². The maximum atomic E-state index is 14.5. The Kier molecular flexibility index (Phi) is 3.92. The Morgan fingerprint density at radius 3 is 2.77 bits per heavy atom. The second-order valence-electron chi connectivity index (χ2n) is 5.79. The van der Waals surface area contributed by atoms with Gasteiger partial charge >= 0.3 is 0 Å². The summed E-state index contributed by atoms with van der Waals surface area (Å²) in [7, 11) is 0. The number of carbonyl (C=O) groups is 1. The molecule has 0 aliphatic carbocycles. The molecule has 2 aromatic heterocycles. The van der Waals surface area contributed by atoms with Gasteiger partial charge in [-0.3, -0.25) is 4.79 Å². The maximum absolute atomic E-state index is 14.5. The van der Waals surface area contributed by atoms with Crippen LogP contribution in [0.5, 0.6) is 0 Å². The highest BCUT2D eigenvalue weighted by molar-refractivity contribution is 6.05. The van der Waals surface area contributed by atoms with Crippen LogP contribution in [-0.2, 0) is 4.79 Å². The van der Waals surface area contributed by atoms with E-state index in [1.165, 1.54) is 17.1 Å². The van der Waals surface area contributed by atoms with Gasteiger partial charge < -0.3 is 10.6 Å². The van der Waals surface area contributed by atoms with Crippen molar-refractivity contribution >= 4 is 17.7 Å². The summed E-state index contributed by atoms with van der Waals surface area (Å²) in [6.07, 6.45) is 2.95. The van der Waals surface area contributed by atoms with Crippen molar-refractivity contribution in [1.82, 2.24) is 19.7 Å². The predicted molar refractivity (Wildman–Crippen MR) is 93.8 cm³/mol. The fourth-order valence-electron chi connectivity index (χ4n) is 2.99. The molecule has 26 heavy (non-hydrogen) atoms. The zero-order chi connectivity index (χ0) is 18.1. The smallest absolute Gasteiger partial charge is 0.257 e. The minimum Gasteiger partial charge on any atom is -0.328 e. The first-order valence-electron chi connectivity index (χ1n) is 7.99. The van der Waals surface area contributed by atoms with Crippen molar-refractivity contribution in [2.45, 2.75) is 13.0 Å². The number of benzene rings is 1. The van der Waals surface area contributed by atoms with Gasteiger partial charge in [0.25, 0.3) is 5.91 Å². The number of amides is 1. The number of rotatable bonds is 3. The molecule has 2 N–H and O–H groups in total. The Hall–Kier alpha value is -3.55. The number of fused-ring (bicyclic) bond motifs is 1. The molecule has 8 heteroatoms. The third-order valence-electron chi connectivity index (χ3n) is 4.15. The molecule has 0 spiro atoms. The molecule has 0 radical (unpaired) electrons. The van der Waals surface area contributed by atoms with E-state index in [2.05, 4.69) is 25.7 Å². The monoisotopic (exact) mass is 350 g/mol. The van der Waals surface area contributed by atoms with Crippen LogP contribution in [0.3, 0.4) is 0 Å². The molecule has 1 aliphatic heterocycles. The minimum absolute atomic E-state index is 0.339. The number of allylic oxidation sites excluding steroid dienone is 1. The molecule has 1 amide bonds. The number of aromatic nitrogens is 4. The molecular weight excluding hydrogens is 335 g/mol. The molecule has 3 heterocycles. The minimum atomic E-state index is -0.737. The van der Waals surface area contributed by atoms with Gasteiger partial charge in [-0.2, -0.15) is 10.1 Å². The standard InChI is InChI=1S/C18H15FN6O/c1-11-15(17(26)24-14-8-4-5-9-20-14)16(12-6-2-3-7-13(12)19)25-18(23-11)21-10-22-25/h2-10,16H,1H3,(H,20,24,26)(H,21,22,23)/t16-/m1/s1. The molecular formula is C18H15FN6O. The summed E-state index contributed by atoms with van der Waals surface area (Å²) in [5, 5.41) is 9.97. The van der Waals surface area contributed by atoms with E-state index in [-0.39, 0.29) is 5.91 Å². The van der Waals surface area contributed by atoms with Gasteiger partial charge in [0.15, 0.2) is 0 Å². The van der Waals surface area contributed by atoms with Gasteiger partial charge in [0.2, 0.25) is 5.95 Å². The summed E-state index contributed by atoms with van der Waals surface area (Å²) >= 11 is 0. The normalized spacial score (nSPS) is 16.0. The van der Waals surface area contributed by atoms with Crippen LogP contribution in [0.4, 0.5) is 16.2 Å². The summed E-state index contributed by atoms with van der Waals surface area (Å²) < 4.78 is 16.0. The fourth-order valence-corrected chi connectivity index (χ4v) is 2.99. The number of nitrogens with zero attached hydrogens (tertiary/aromatic N) is 4. The molecule has 0 fully saturated rings. The number of carbonyl (C=O) groups excluding carboxylic acids is 1. The average Bonchev–Trinajstić information content (AvgIpc) is 3.10. The topological polar surface area (TPSA) is 84.7 Å². The van der Waals surface area contributed by atoms with E-state index in [1.54, 1.807) is 49.5 Å². The lowest BCUT2D eigenvalue weighted by Crippen LogP contribution is -2.32. The molecule has 130 valence electrons. The zero-order valence-corrected chi connectivity index (χ0v) is 13.8. The number of pyridine rings is 1. The van der Waals surface area contributed by atoms with Crippen LogP contribution in [0.25, 0.3) is 0 Å². The van der Waals surface area contributed by atoms with Gasteiger partial charge in [-0.15, -0.1) is 0 Å². The van der Waals surface area contributed by atoms with Crippen molar-refractivity contribution in [1.29, 1.82) is 0 Å². The molecule has 0 saturated heterocycles. The van der Waals surface area contributed by atoms with Crippen molar-refractivity contribution in [2.75, 3.05) is 10.6 Å². The summed E-state index contributed by atoms with van der Waals surface area (Å²) in [5.74, 6) is 0.0551. The molecule has 7 nitrogen and oxygen atoms in total. The van der Waals surface area contributed by atoms with E-state index < -0.39 is 11.9 Å². The number of hydrogen-bond donors (Lipinski definition) is 2. The third-order valence-corrected chi connectivity index (χ3v) is 4.15. The number of halogens is 1. The van der Waals surface area contributed by atoms with Crippen LogP contribution in [0, 0.1) is 5.82 Å². The molecule has 4 rings (SSSR count). The van der Waals surface area contributed by atoms with Gasteiger partial charge in [0, 0.05) is 17.5 Å². The fraction of sp³-hybridized carbons (Fsp3) is 0.111. The molecule has 0 bridgehead atoms. The molecule has 0 unspecified atom stereocenters. The maximum Gasteiger partial charge on any atom is 0.257 e. The second-order valence-corrected chi connectivity index (χ2v) is 5.79. The summed E-state index contributed by atoms with van der Waals surface area (Å²) in [4.78, 5) is 21.2.